The molecule has 2 aromatic carbocycles. The Morgan fingerprint density at radius 2 is 1.47 bits per heavy atom. The van der Waals surface area contributed by atoms with E-state index in [2.05, 4.69) is 73.5 Å². The van der Waals surface area contributed by atoms with E-state index < -0.39 is 0 Å². The van der Waals surface area contributed by atoms with E-state index in [1.165, 1.54) is 36.1 Å². The minimum atomic E-state index is 1.04. The second-order valence-electron chi connectivity index (χ2n) is 5.15. The topological polar surface area (TPSA) is 3.24 Å². The number of rotatable bonds is 6. The second kappa shape index (κ2) is 7.10. The van der Waals surface area contributed by atoms with Gasteiger partial charge in [-0.25, -0.2) is 0 Å². The third-order valence-corrected chi connectivity index (χ3v) is 3.41. The smallest absolute Gasteiger partial charge is 0.0230 e. The lowest BCUT2D eigenvalue weighted by Gasteiger charge is -2.16. The van der Waals surface area contributed by atoms with Crippen molar-refractivity contribution in [3.05, 3.63) is 60.2 Å². The molecule has 0 atom stereocenters. The van der Waals surface area contributed by atoms with Crippen LogP contribution in [0.3, 0.4) is 0 Å². The van der Waals surface area contributed by atoms with Crippen LogP contribution >= 0.6 is 0 Å². The summed E-state index contributed by atoms with van der Waals surface area (Å²) < 4.78 is 0. The summed E-state index contributed by atoms with van der Waals surface area (Å²) in [4.78, 5) is 2.39. The molecule has 0 saturated heterocycles. The van der Waals surface area contributed by atoms with Crippen LogP contribution in [0.5, 0.6) is 0 Å². The second-order valence-corrected chi connectivity index (χ2v) is 5.15. The predicted octanol–water partition coefficient (Wildman–Crippen LogP) is 4.59. The van der Waals surface area contributed by atoms with Crippen LogP contribution in [0.1, 0.15) is 25.3 Å². The monoisotopic (exact) mass is 253 g/mol. The maximum atomic E-state index is 2.39. The first-order valence-electron chi connectivity index (χ1n) is 7.12. The molecule has 0 aromatic heterocycles. The van der Waals surface area contributed by atoms with Gasteiger partial charge < -0.3 is 4.90 Å². The molecule has 1 heteroatoms. The first kappa shape index (κ1) is 13.8. The Morgan fingerprint density at radius 3 is 2.11 bits per heavy atom. The van der Waals surface area contributed by atoms with E-state index in [1.54, 1.807) is 0 Å². The number of hydrogen-bond donors (Lipinski definition) is 0. The van der Waals surface area contributed by atoms with Gasteiger partial charge >= 0.3 is 0 Å². The molecule has 0 amide bonds. The van der Waals surface area contributed by atoms with Crippen LogP contribution in [0, 0.1) is 0 Å². The van der Waals surface area contributed by atoms with Gasteiger partial charge in [0.25, 0.3) is 0 Å². The number of hydrogen-bond acceptors (Lipinski definition) is 1. The van der Waals surface area contributed by atoms with Gasteiger partial charge in [-0.15, -0.1) is 0 Å². The summed E-state index contributed by atoms with van der Waals surface area (Å²) in [5, 5.41) is 0. The number of benzene rings is 2. The molecule has 0 bridgehead atoms. The van der Waals surface area contributed by atoms with Crippen molar-refractivity contribution in [1.82, 2.24) is 4.90 Å². The fourth-order valence-electron chi connectivity index (χ4n) is 2.25. The highest BCUT2D eigenvalue weighted by atomic mass is 15.1. The van der Waals surface area contributed by atoms with Gasteiger partial charge in [-0.1, -0.05) is 67.9 Å². The van der Waals surface area contributed by atoms with Crippen molar-refractivity contribution in [2.24, 2.45) is 0 Å². The zero-order valence-electron chi connectivity index (χ0n) is 12.0. The van der Waals surface area contributed by atoms with Crippen LogP contribution < -0.4 is 0 Å². The lowest BCUT2D eigenvalue weighted by molar-refractivity contribution is 0.321. The molecule has 2 aromatic rings. The molecule has 0 fully saturated rings. The van der Waals surface area contributed by atoms with Gasteiger partial charge in [0, 0.05) is 6.54 Å². The fourth-order valence-corrected chi connectivity index (χ4v) is 2.25. The average molecular weight is 253 g/mol. The minimum absolute atomic E-state index is 1.04. The van der Waals surface area contributed by atoms with E-state index in [0.29, 0.717) is 0 Å². The molecule has 0 aliphatic carbocycles. The van der Waals surface area contributed by atoms with Gasteiger partial charge in [0.2, 0.25) is 0 Å². The molecule has 0 spiro atoms. The van der Waals surface area contributed by atoms with E-state index in [0.717, 1.165) is 6.54 Å². The number of unbranched alkanes of at least 4 members (excludes halogenated alkanes) is 1. The van der Waals surface area contributed by atoms with Crippen LogP contribution in [0.25, 0.3) is 11.1 Å². The van der Waals surface area contributed by atoms with Crippen LogP contribution in [0.15, 0.2) is 54.6 Å². The summed E-state index contributed by atoms with van der Waals surface area (Å²) in [6.07, 6.45) is 2.54. The Balaban J connectivity index is 1.99. The molecule has 0 unspecified atom stereocenters. The summed E-state index contributed by atoms with van der Waals surface area (Å²) in [6.45, 7) is 4.45. The van der Waals surface area contributed by atoms with Gasteiger partial charge in [-0.3, -0.25) is 0 Å². The summed E-state index contributed by atoms with van der Waals surface area (Å²) in [5.41, 5.74) is 3.97. The van der Waals surface area contributed by atoms with E-state index in [4.69, 9.17) is 0 Å². The fraction of sp³-hybridized carbons (Fsp3) is 0.333. The summed E-state index contributed by atoms with van der Waals surface area (Å²) >= 11 is 0. The molecule has 19 heavy (non-hydrogen) atoms. The molecule has 0 saturated carbocycles. The maximum Gasteiger partial charge on any atom is 0.0230 e. The third kappa shape index (κ3) is 4.22. The predicted molar refractivity (Wildman–Crippen MR) is 83.1 cm³/mol. The Morgan fingerprint density at radius 1 is 0.842 bits per heavy atom. The Labute approximate surface area is 116 Å². The minimum Gasteiger partial charge on any atom is -0.302 e. The quantitative estimate of drug-likeness (QED) is 0.728. The molecule has 1 nitrogen and oxygen atoms in total. The lowest BCUT2D eigenvalue weighted by atomic mass is 10.0. The summed E-state index contributed by atoms with van der Waals surface area (Å²) in [7, 11) is 2.20. The van der Waals surface area contributed by atoms with Crippen LogP contribution in [0.2, 0.25) is 0 Å². The van der Waals surface area contributed by atoms with E-state index >= 15 is 0 Å². The highest BCUT2D eigenvalue weighted by molar-refractivity contribution is 5.63. The normalized spacial score (nSPS) is 10.9. The van der Waals surface area contributed by atoms with E-state index in [-0.39, 0.29) is 0 Å². The summed E-state index contributed by atoms with van der Waals surface area (Å²) in [5.74, 6) is 0. The molecule has 0 aliphatic rings. The van der Waals surface area contributed by atoms with Crippen molar-refractivity contribution < 1.29 is 0 Å². The molecular formula is C18H23N. The van der Waals surface area contributed by atoms with Crippen molar-refractivity contribution in [2.75, 3.05) is 13.6 Å². The Bertz CT molecular complexity index is 473. The zero-order valence-corrected chi connectivity index (χ0v) is 12.0. The van der Waals surface area contributed by atoms with Crippen LogP contribution in [0.4, 0.5) is 0 Å². The average Bonchev–Trinajstić information content (AvgIpc) is 2.47. The van der Waals surface area contributed by atoms with Crippen LogP contribution in [-0.4, -0.2) is 18.5 Å². The molecule has 0 N–H and O–H groups in total. The third-order valence-electron chi connectivity index (χ3n) is 3.41. The molecule has 0 radical (unpaired) electrons. The van der Waals surface area contributed by atoms with Crippen molar-refractivity contribution in [1.29, 1.82) is 0 Å². The standard InChI is InChI=1S/C18H23N/c1-3-4-14-19(2)15-16-10-12-18(13-11-16)17-8-6-5-7-9-17/h5-13H,3-4,14-15H2,1-2H3. The molecule has 0 heterocycles. The Kier molecular flexibility index (Phi) is 5.17. The van der Waals surface area contributed by atoms with Crippen LogP contribution in [-0.2, 0) is 6.54 Å². The Hall–Kier alpha value is -1.60. The highest BCUT2D eigenvalue weighted by Gasteiger charge is 2.01. The van der Waals surface area contributed by atoms with Crippen molar-refractivity contribution in [3.8, 4) is 11.1 Å². The van der Waals surface area contributed by atoms with Crippen molar-refractivity contribution >= 4 is 0 Å². The van der Waals surface area contributed by atoms with Crippen molar-refractivity contribution in [2.45, 2.75) is 26.3 Å². The highest BCUT2D eigenvalue weighted by Crippen LogP contribution is 2.19. The van der Waals surface area contributed by atoms with Crippen molar-refractivity contribution in [3.63, 3.8) is 0 Å². The first-order valence-corrected chi connectivity index (χ1v) is 7.12. The largest absolute Gasteiger partial charge is 0.302 e. The van der Waals surface area contributed by atoms with Gasteiger partial charge in [0.15, 0.2) is 0 Å². The molecule has 0 aliphatic heterocycles. The number of nitrogens with zero attached hydrogens (tertiary/aromatic N) is 1. The lowest BCUT2D eigenvalue weighted by Crippen LogP contribution is -2.18. The van der Waals surface area contributed by atoms with Gasteiger partial charge in [-0.05, 0) is 36.7 Å². The molecule has 100 valence electrons. The zero-order chi connectivity index (χ0) is 13.5. The summed E-state index contributed by atoms with van der Waals surface area (Å²) in [6, 6.07) is 19.5. The molecular weight excluding hydrogens is 230 g/mol. The maximum absolute atomic E-state index is 2.39. The van der Waals surface area contributed by atoms with Gasteiger partial charge in [0.05, 0.1) is 0 Å². The SMILES string of the molecule is CCCCN(C)Cc1ccc(-c2ccccc2)cc1. The first-order chi connectivity index (χ1) is 9.29. The van der Waals surface area contributed by atoms with E-state index in [9.17, 15) is 0 Å². The van der Waals surface area contributed by atoms with Gasteiger partial charge in [0.1, 0.15) is 0 Å². The van der Waals surface area contributed by atoms with E-state index in [1.807, 2.05) is 0 Å². The van der Waals surface area contributed by atoms with Gasteiger partial charge in [-0.2, -0.15) is 0 Å². The molecule has 2 rings (SSSR count).